The van der Waals surface area contributed by atoms with Gasteiger partial charge in [0.25, 0.3) is 0 Å². The molecule has 0 spiro atoms. The van der Waals surface area contributed by atoms with E-state index in [1.165, 1.54) is 32.1 Å². The minimum atomic E-state index is -1.83. The molecule has 3 fully saturated rings. The van der Waals surface area contributed by atoms with Crippen molar-refractivity contribution in [3.8, 4) is 0 Å². The van der Waals surface area contributed by atoms with Gasteiger partial charge in [-0.2, -0.15) is 0 Å². The minimum Gasteiger partial charge on any atom is -0.450 e. The van der Waals surface area contributed by atoms with Gasteiger partial charge in [-0.05, 0) is 12.8 Å². The Bertz CT molecular complexity index is 309. The molecule has 22 heavy (non-hydrogen) atoms. The van der Waals surface area contributed by atoms with Gasteiger partial charge in [-0.25, -0.2) is 4.79 Å². The molecule has 3 rings (SSSR count). The van der Waals surface area contributed by atoms with Crippen molar-refractivity contribution in [1.82, 2.24) is 0 Å². The van der Waals surface area contributed by atoms with E-state index in [1.54, 1.807) is 0 Å². The maximum Gasteiger partial charge on any atom is 0.503 e. The van der Waals surface area contributed by atoms with E-state index in [4.69, 9.17) is 34.0 Å². The maximum absolute atomic E-state index is 8.56. The van der Waals surface area contributed by atoms with Gasteiger partial charge in [0.05, 0.1) is 39.6 Å². The highest BCUT2D eigenvalue weighted by molar-refractivity contribution is 5.53. The van der Waals surface area contributed by atoms with E-state index in [0.717, 1.165) is 39.6 Å². The summed E-state index contributed by atoms with van der Waals surface area (Å²) in [7, 11) is 0. The van der Waals surface area contributed by atoms with Crippen LogP contribution in [0.3, 0.4) is 0 Å². The SMILES string of the molecule is C1CCC(COCC2CO2)(COCC2CO2)CC1.O=C(O)O. The van der Waals surface area contributed by atoms with Crippen LogP contribution in [-0.4, -0.2) is 68.2 Å². The van der Waals surface area contributed by atoms with Crippen LogP contribution in [-0.2, 0) is 18.9 Å². The summed E-state index contributed by atoms with van der Waals surface area (Å²) < 4.78 is 22.0. The Hall–Kier alpha value is -0.890. The molecule has 0 aromatic carbocycles. The van der Waals surface area contributed by atoms with E-state index < -0.39 is 6.16 Å². The molecule has 7 heteroatoms. The van der Waals surface area contributed by atoms with Gasteiger partial charge in [0.1, 0.15) is 12.2 Å². The molecule has 0 amide bonds. The van der Waals surface area contributed by atoms with E-state index in [2.05, 4.69) is 0 Å². The largest absolute Gasteiger partial charge is 0.503 e. The number of hydrogen-bond acceptors (Lipinski definition) is 5. The van der Waals surface area contributed by atoms with E-state index >= 15 is 0 Å². The lowest BCUT2D eigenvalue weighted by Gasteiger charge is -2.36. The van der Waals surface area contributed by atoms with Crippen molar-refractivity contribution in [2.24, 2.45) is 5.41 Å². The average molecular weight is 318 g/mol. The van der Waals surface area contributed by atoms with Crippen molar-refractivity contribution in [1.29, 1.82) is 0 Å². The Morgan fingerprint density at radius 1 is 0.955 bits per heavy atom. The first-order valence-electron chi connectivity index (χ1n) is 7.90. The lowest BCUT2D eigenvalue weighted by molar-refractivity contribution is -0.0469. The lowest BCUT2D eigenvalue weighted by atomic mass is 9.75. The van der Waals surface area contributed by atoms with E-state index in [1.807, 2.05) is 0 Å². The van der Waals surface area contributed by atoms with Crippen molar-refractivity contribution >= 4 is 6.16 Å². The molecule has 1 saturated carbocycles. The highest BCUT2D eigenvalue weighted by Gasteiger charge is 2.34. The van der Waals surface area contributed by atoms with Crippen molar-refractivity contribution < 1.29 is 34.0 Å². The van der Waals surface area contributed by atoms with Crippen molar-refractivity contribution in [2.75, 3.05) is 39.6 Å². The van der Waals surface area contributed by atoms with Crippen LogP contribution in [0.25, 0.3) is 0 Å². The fourth-order valence-electron chi connectivity index (χ4n) is 2.77. The zero-order chi connectivity index (χ0) is 15.8. The van der Waals surface area contributed by atoms with Crippen LogP contribution in [0, 0.1) is 5.41 Å². The van der Waals surface area contributed by atoms with Crippen LogP contribution in [0.4, 0.5) is 4.79 Å². The Morgan fingerprint density at radius 2 is 1.36 bits per heavy atom. The summed E-state index contributed by atoms with van der Waals surface area (Å²) in [6, 6.07) is 0. The standard InChI is InChI=1S/C14H24O4.CH2O3/c1-2-4-14(5-3-1,10-15-6-12-8-17-12)11-16-7-13-9-18-13;2-1(3)4/h12-13H,1-11H2;(H2,2,3,4). The van der Waals surface area contributed by atoms with Crippen LogP contribution in [0.1, 0.15) is 32.1 Å². The monoisotopic (exact) mass is 318 g/mol. The molecule has 0 aromatic heterocycles. The molecule has 2 atom stereocenters. The number of carbonyl (C=O) groups is 1. The average Bonchev–Trinajstić information content (AvgIpc) is 3.34. The number of rotatable bonds is 8. The summed E-state index contributed by atoms with van der Waals surface area (Å²) in [6.45, 7) is 4.93. The zero-order valence-electron chi connectivity index (χ0n) is 12.9. The molecule has 2 N–H and O–H groups in total. The number of hydrogen-bond donors (Lipinski definition) is 2. The maximum atomic E-state index is 8.56. The van der Waals surface area contributed by atoms with Crippen LogP contribution in [0.15, 0.2) is 0 Å². The first kappa shape index (κ1) is 17.5. The molecule has 3 aliphatic rings. The van der Waals surface area contributed by atoms with Gasteiger partial charge >= 0.3 is 6.16 Å². The third-order valence-electron chi connectivity index (χ3n) is 4.14. The normalized spacial score (nSPS) is 28.4. The van der Waals surface area contributed by atoms with Crippen molar-refractivity contribution in [2.45, 2.75) is 44.3 Å². The molecule has 0 aromatic rings. The Morgan fingerprint density at radius 3 is 1.73 bits per heavy atom. The number of carboxylic acid groups (broad SMARTS) is 2. The molecule has 2 aliphatic heterocycles. The molecule has 1 aliphatic carbocycles. The van der Waals surface area contributed by atoms with Gasteiger partial charge in [0.15, 0.2) is 0 Å². The number of ether oxygens (including phenoxy) is 4. The fraction of sp³-hybridized carbons (Fsp3) is 0.933. The van der Waals surface area contributed by atoms with Crippen LogP contribution >= 0.6 is 0 Å². The topological polar surface area (TPSA) is 101 Å². The first-order valence-corrected chi connectivity index (χ1v) is 7.90. The molecular weight excluding hydrogens is 292 g/mol. The summed E-state index contributed by atoms with van der Waals surface area (Å²) in [5.74, 6) is 0. The lowest BCUT2D eigenvalue weighted by Crippen LogP contribution is -2.35. The van der Waals surface area contributed by atoms with E-state index in [-0.39, 0.29) is 5.41 Å². The molecule has 0 radical (unpaired) electrons. The van der Waals surface area contributed by atoms with E-state index in [9.17, 15) is 0 Å². The van der Waals surface area contributed by atoms with Gasteiger partial charge < -0.3 is 29.2 Å². The minimum absolute atomic E-state index is 0.252. The summed E-state index contributed by atoms with van der Waals surface area (Å²) in [4.78, 5) is 8.56. The molecule has 2 unspecified atom stereocenters. The van der Waals surface area contributed by atoms with Gasteiger partial charge in [-0.3, -0.25) is 0 Å². The van der Waals surface area contributed by atoms with Crippen LogP contribution in [0.5, 0.6) is 0 Å². The van der Waals surface area contributed by atoms with Gasteiger partial charge in [0, 0.05) is 5.41 Å². The second kappa shape index (κ2) is 8.67. The Kier molecular flexibility index (Phi) is 6.88. The van der Waals surface area contributed by atoms with Gasteiger partial charge in [-0.15, -0.1) is 0 Å². The predicted molar refractivity (Wildman–Crippen MR) is 77.3 cm³/mol. The highest BCUT2D eigenvalue weighted by Crippen LogP contribution is 2.37. The van der Waals surface area contributed by atoms with Gasteiger partial charge in [0.2, 0.25) is 0 Å². The van der Waals surface area contributed by atoms with Crippen LogP contribution < -0.4 is 0 Å². The summed E-state index contributed by atoms with van der Waals surface area (Å²) in [5.41, 5.74) is 0.252. The van der Waals surface area contributed by atoms with Gasteiger partial charge in [-0.1, -0.05) is 19.3 Å². The van der Waals surface area contributed by atoms with Crippen LogP contribution in [0.2, 0.25) is 0 Å². The Labute approximate surface area is 130 Å². The summed E-state index contributed by atoms with van der Waals surface area (Å²) in [5, 5.41) is 13.9. The zero-order valence-corrected chi connectivity index (χ0v) is 12.9. The van der Waals surface area contributed by atoms with E-state index in [0.29, 0.717) is 12.2 Å². The Balaban J connectivity index is 0.000000396. The fourth-order valence-corrected chi connectivity index (χ4v) is 2.77. The second-order valence-corrected chi connectivity index (χ2v) is 6.28. The molecule has 0 bridgehead atoms. The molecular formula is C15H26O7. The summed E-state index contributed by atoms with van der Waals surface area (Å²) >= 11 is 0. The third kappa shape index (κ3) is 7.40. The second-order valence-electron chi connectivity index (χ2n) is 6.28. The smallest absolute Gasteiger partial charge is 0.450 e. The third-order valence-corrected chi connectivity index (χ3v) is 4.14. The van der Waals surface area contributed by atoms with Crippen molar-refractivity contribution in [3.63, 3.8) is 0 Å². The number of epoxide rings is 2. The predicted octanol–water partition coefficient (Wildman–Crippen LogP) is 1.99. The molecule has 7 nitrogen and oxygen atoms in total. The summed E-state index contributed by atoms with van der Waals surface area (Å²) in [6.07, 6.45) is 5.37. The van der Waals surface area contributed by atoms with Crippen molar-refractivity contribution in [3.05, 3.63) is 0 Å². The molecule has 128 valence electrons. The first-order chi connectivity index (χ1) is 10.6. The molecule has 2 heterocycles. The quantitative estimate of drug-likeness (QED) is 0.660. The highest BCUT2D eigenvalue weighted by atomic mass is 16.6. The molecule has 2 saturated heterocycles.